The fraction of sp³-hybridized carbons (Fsp3) is 0.444. The molecular weight excluding hydrogens is 336 g/mol. The number of hydrogen-bond donors (Lipinski definition) is 0. The standard InChI is InChI=1S/C18H22N4O2S/c1-14-4-8-20-18(21-14)25-13-17(23)22-9-5-16(6-10-22)24-12-15-3-2-7-19-11-15/h2-4,7-8,11,16H,5-6,9-10,12-13H2,1H3. The van der Waals surface area contributed by atoms with E-state index in [1.54, 1.807) is 12.4 Å². The third kappa shape index (κ3) is 5.51. The van der Waals surface area contributed by atoms with Crippen molar-refractivity contribution in [1.82, 2.24) is 19.9 Å². The van der Waals surface area contributed by atoms with E-state index < -0.39 is 0 Å². The molecule has 25 heavy (non-hydrogen) atoms. The Hall–Kier alpha value is -1.99. The maximum atomic E-state index is 12.3. The fourth-order valence-electron chi connectivity index (χ4n) is 2.68. The topological polar surface area (TPSA) is 68.2 Å². The molecule has 3 heterocycles. The van der Waals surface area contributed by atoms with Crippen LogP contribution in [0, 0.1) is 6.92 Å². The van der Waals surface area contributed by atoms with Gasteiger partial charge in [0.15, 0.2) is 5.16 Å². The summed E-state index contributed by atoms with van der Waals surface area (Å²) in [5.74, 6) is 0.519. The number of pyridine rings is 1. The largest absolute Gasteiger partial charge is 0.373 e. The SMILES string of the molecule is Cc1ccnc(SCC(=O)N2CCC(OCc3cccnc3)CC2)n1. The minimum absolute atomic E-state index is 0.140. The number of hydrogen-bond acceptors (Lipinski definition) is 6. The summed E-state index contributed by atoms with van der Waals surface area (Å²) in [7, 11) is 0. The van der Waals surface area contributed by atoms with Crippen molar-refractivity contribution in [1.29, 1.82) is 0 Å². The summed E-state index contributed by atoms with van der Waals surface area (Å²) in [6, 6.07) is 5.77. The van der Waals surface area contributed by atoms with Gasteiger partial charge in [-0.3, -0.25) is 9.78 Å². The molecule has 3 rings (SSSR count). The number of nitrogens with zero attached hydrogens (tertiary/aromatic N) is 4. The zero-order valence-corrected chi connectivity index (χ0v) is 15.1. The number of piperidine rings is 1. The Morgan fingerprint density at radius 3 is 2.88 bits per heavy atom. The molecule has 1 fully saturated rings. The summed E-state index contributed by atoms with van der Waals surface area (Å²) in [6.07, 6.45) is 7.25. The van der Waals surface area contributed by atoms with Crippen LogP contribution in [0.1, 0.15) is 24.1 Å². The van der Waals surface area contributed by atoms with Crippen molar-refractivity contribution in [3.63, 3.8) is 0 Å². The predicted molar refractivity (Wildman–Crippen MR) is 96.1 cm³/mol. The lowest BCUT2D eigenvalue weighted by Crippen LogP contribution is -2.41. The number of ether oxygens (including phenoxy) is 1. The molecule has 0 saturated carbocycles. The Morgan fingerprint density at radius 2 is 2.16 bits per heavy atom. The third-order valence-electron chi connectivity index (χ3n) is 4.10. The van der Waals surface area contributed by atoms with Crippen LogP contribution in [-0.4, -0.2) is 50.7 Å². The highest BCUT2D eigenvalue weighted by Gasteiger charge is 2.23. The number of aromatic nitrogens is 3. The highest BCUT2D eigenvalue weighted by molar-refractivity contribution is 7.99. The molecule has 0 unspecified atom stereocenters. The van der Waals surface area contributed by atoms with E-state index in [0.717, 1.165) is 37.2 Å². The average Bonchev–Trinajstić information content (AvgIpc) is 2.66. The molecule has 2 aromatic heterocycles. The molecule has 1 aliphatic rings. The first kappa shape index (κ1) is 17.8. The van der Waals surface area contributed by atoms with Crippen molar-refractivity contribution >= 4 is 17.7 Å². The molecule has 0 N–H and O–H groups in total. The summed E-state index contributed by atoms with van der Waals surface area (Å²) in [5.41, 5.74) is 1.99. The number of likely N-dealkylation sites (tertiary alicyclic amines) is 1. The lowest BCUT2D eigenvalue weighted by atomic mass is 10.1. The zero-order chi connectivity index (χ0) is 17.5. The molecule has 1 saturated heterocycles. The number of aryl methyl sites for hydroxylation is 1. The highest BCUT2D eigenvalue weighted by atomic mass is 32.2. The van der Waals surface area contributed by atoms with E-state index in [1.807, 2.05) is 36.2 Å². The molecule has 0 spiro atoms. The van der Waals surface area contributed by atoms with E-state index in [4.69, 9.17) is 4.74 Å². The molecule has 1 amide bonds. The number of carbonyl (C=O) groups excluding carboxylic acids is 1. The van der Waals surface area contributed by atoms with Crippen LogP contribution in [0.5, 0.6) is 0 Å². The molecule has 1 aliphatic heterocycles. The van der Waals surface area contributed by atoms with Gasteiger partial charge in [0.1, 0.15) is 0 Å². The molecule has 6 nitrogen and oxygen atoms in total. The van der Waals surface area contributed by atoms with Gasteiger partial charge in [0.25, 0.3) is 0 Å². The molecule has 0 atom stereocenters. The summed E-state index contributed by atoms with van der Waals surface area (Å²) in [6.45, 7) is 3.98. The molecule has 0 aromatic carbocycles. The van der Waals surface area contributed by atoms with Crippen LogP contribution in [0.15, 0.2) is 41.9 Å². The van der Waals surface area contributed by atoms with Gasteiger partial charge in [0, 0.05) is 37.4 Å². The van der Waals surface area contributed by atoms with Gasteiger partial charge in [0.2, 0.25) is 5.91 Å². The average molecular weight is 358 g/mol. The van der Waals surface area contributed by atoms with Crippen LogP contribution in [0.2, 0.25) is 0 Å². The second kappa shape index (κ2) is 8.92. The Kier molecular flexibility index (Phi) is 6.36. The molecule has 0 aliphatic carbocycles. The van der Waals surface area contributed by atoms with Crippen molar-refractivity contribution in [2.45, 2.75) is 37.6 Å². The Labute approximate surface area is 152 Å². The zero-order valence-electron chi connectivity index (χ0n) is 14.3. The van der Waals surface area contributed by atoms with Gasteiger partial charge >= 0.3 is 0 Å². The van der Waals surface area contributed by atoms with Gasteiger partial charge < -0.3 is 9.64 Å². The summed E-state index contributed by atoms with van der Waals surface area (Å²) in [4.78, 5) is 26.8. The van der Waals surface area contributed by atoms with Gasteiger partial charge in [-0.1, -0.05) is 17.8 Å². The summed E-state index contributed by atoms with van der Waals surface area (Å²) < 4.78 is 5.94. The van der Waals surface area contributed by atoms with E-state index in [1.165, 1.54) is 11.8 Å². The molecule has 132 valence electrons. The first-order chi connectivity index (χ1) is 12.2. The second-order valence-electron chi connectivity index (χ2n) is 6.02. The van der Waals surface area contributed by atoms with Crippen molar-refractivity contribution in [2.24, 2.45) is 0 Å². The second-order valence-corrected chi connectivity index (χ2v) is 6.96. The lowest BCUT2D eigenvalue weighted by Gasteiger charge is -2.31. The number of carbonyl (C=O) groups is 1. The minimum atomic E-state index is 0.140. The van der Waals surface area contributed by atoms with Crippen LogP contribution >= 0.6 is 11.8 Å². The Balaban J connectivity index is 1.38. The maximum Gasteiger partial charge on any atom is 0.233 e. The number of rotatable bonds is 6. The minimum Gasteiger partial charge on any atom is -0.373 e. The smallest absolute Gasteiger partial charge is 0.233 e. The van der Waals surface area contributed by atoms with Crippen LogP contribution in [-0.2, 0) is 16.1 Å². The van der Waals surface area contributed by atoms with Gasteiger partial charge in [-0.2, -0.15) is 0 Å². The van der Waals surface area contributed by atoms with E-state index in [-0.39, 0.29) is 12.0 Å². The summed E-state index contributed by atoms with van der Waals surface area (Å²) >= 11 is 1.39. The molecule has 2 aromatic rings. The quantitative estimate of drug-likeness (QED) is 0.584. The predicted octanol–water partition coefficient (Wildman–Crippen LogP) is 2.48. The van der Waals surface area contributed by atoms with E-state index in [9.17, 15) is 4.79 Å². The Morgan fingerprint density at radius 1 is 1.32 bits per heavy atom. The molecule has 0 bridgehead atoms. The maximum absolute atomic E-state index is 12.3. The van der Waals surface area contributed by atoms with Crippen LogP contribution in [0.3, 0.4) is 0 Å². The van der Waals surface area contributed by atoms with Gasteiger partial charge in [-0.15, -0.1) is 0 Å². The first-order valence-corrected chi connectivity index (χ1v) is 9.40. The van der Waals surface area contributed by atoms with Crippen LogP contribution in [0.4, 0.5) is 0 Å². The molecular formula is C18H22N4O2S. The van der Waals surface area contributed by atoms with Gasteiger partial charge in [-0.25, -0.2) is 9.97 Å². The van der Waals surface area contributed by atoms with Crippen molar-refractivity contribution in [3.05, 3.63) is 48.0 Å². The Bertz CT molecular complexity index is 690. The third-order valence-corrected chi connectivity index (χ3v) is 4.95. The number of amides is 1. The van der Waals surface area contributed by atoms with E-state index in [2.05, 4.69) is 15.0 Å². The van der Waals surface area contributed by atoms with Crippen molar-refractivity contribution in [2.75, 3.05) is 18.8 Å². The van der Waals surface area contributed by atoms with Crippen LogP contribution in [0.25, 0.3) is 0 Å². The molecule has 7 heteroatoms. The summed E-state index contributed by atoms with van der Waals surface area (Å²) in [5, 5.41) is 0.656. The fourth-order valence-corrected chi connectivity index (χ4v) is 3.46. The van der Waals surface area contributed by atoms with Gasteiger partial charge in [-0.05, 0) is 37.5 Å². The first-order valence-electron chi connectivity index (χ1n) is 8.41. The van der Waals surface area contributed by atoms with E-state index >= 15 is 0 Å². The highest BCUT2D eigenvalue weighted by Crippen LogP contribution is 2.18. The number of thioether (sulfide) groups is 1. The normalized spacial score (nSPS) is 15.3. The van der Waals surface area contributed by atoms with Crippen LogP contribution < -0.4 is 0 Å². The van der Waals surface area contributed by atoms with Gasteiger partial charge in [0.05, 0.1) is 18.5 Å². The van der Waals surface area contributed by atoms with E-state index in [0.29, 0.717) is 17.5 Å². The van der Waals surface area contributed by atoms with Crippen molar-refractivity contribution in [3.8, 4) is 0 Å². The molecule has 0 radical (unpaired) electrons. The lowest BCUT2D eigenvalue weighted by molar-refractivity contribution is -0.131. The van der Waals surface area contributed by atoms with Crippen molar-refractivity contribution < 1.29 is 9.53 Å². The monoisotopic (exact) mass is 358 g/mol.